The van der Waals surface area contributed by atoms with E-state index in [0.717, 1.165) is 0 Å². The highest BCUT2D eigenvalue weighted by molar-refractivity contribution is 5.91. The minimum absolute atomic E-state index is 0.0651. The predicted molar refractivity (Wildman–Crippen MR) is 55.8 cm³/mol. The summed E-state index contributed by atoms with van der Waals surface area (Å²) in [6.45, 7) is 4.32. The van der Waals surface area contributed by atoms with Gasteiger partial charge < -0.3 is 9.80 Å². The van der Waals surface area contributed by atoms with Crippen LogP contribution in [0.1, 0.15) is 13.8 Å². The van der Waals surface area contributed by atoms with Gasteiger partial charge in [-0.1, -0.05) is 6.08 Å². The van der Waals surface area contributed by atoms with E-state index in [1.54, 1.807) is 27.1 Å². The van der Waals surface area contributed by atoms with Crippen LogP contribution in [0.2, 0.25) is 0 Å². The molecule has 0 N–H and O–H groups in total. The Labute approximate surface area is 85.2 Å². The summed E-state index contributed by atoms with van der Waals surface area (Å²) in [5.74, 6) is -0.185. The van der Waals surface area contributed by atoms with Gasteiger partial charge in [-0.15, -0.1) is 0 Å². The second-order valence-corrected chi connectivity index (χ2v) is 3.14. The SMILES string of the molecule is CC=CC(=O)N(CC)CC(=O)N(C)C. The van der Waals surface area contributed by atoms with Gasteiger partial charge in [-0.2, -0.15) is 0 Å². The molecular formula is C10H18N2O2. The van der Waals surface area contributed by atoms with E-state index in [2.05, 4.69) is 0 Å². The maximum absolute atomic E-state index is 11.4. The topological polar surface area (TPSA) is 40.6 Å². The van der Waals surface area contributed by atoms with Gasteiger partial charge in [0.05, 0.1) is 6.54 Å². The van der Waals surface area contributed by atoms with Gasteiger partial charge in [0.15, 0.2) is 0 Å². The van der Waals surface area contributed by atoms with E-state index in [1.807, 2.05) is 6.92 Å². The molecule has 0 saturated heterocycles. The van der Waals surface area contributed by atoms with Gasteiger partial charge >= 0.3 is 0 Å². The summed E-state index contributed by atoms with van der Waals surface area (Å²) in [4.78, 5) is 25.7. The molecule has 4 nitrogen and oxygen atoms in total. The van der Waals surface area contributed by atoms with Crippen molar-refractivity contribution in [1.29, 1.82) is 0 Å². The van der Waals surface area contributed by atoms with Gasteiger partial charge in [0.25, 0.3) is 0 Å². The number of carbonyl (C=O) groups is 2. The standard InChI is InChI=1S/C10H18N2O2/c1-5-7-9(13)12(6-2)8-10(14)11(3)4/h5,7H,6,8H2,1-4H3. The number of hydrogen-bond acceptors (Lipinski definition) is 2. The second-order valence-electron chi connectivity index (χ2n) is 3.14. The first kappa shape index (κ1) is 12.7. The van der Waals surface area contributed by atoms with Gasteiger partial charge in [-0.3, -0.25) is 9.59 Å². The highest BCUT2D eigenvalue weighted by Crippen LogP contribution is 1.93. The van der Waals surface area contributed by atoms with Crippen LogP contribution in [-0.2, 0) is 9.59 Å². The van der Waals surface area contributed by atoms with Crippen molar-refractivity contribution in [3.05, 3.63) is 12.2 Å². The van der Waals surface area contributed by atoms with E-state index in [1.165, 1.54) is 15.9 Å². The van der Waals surface area contributed by atoms with Crippen LogP contribution in [0.4, 0.5) is 0 Å². The van der Waals surface area contributed by atoms with Crippen molar-refractivity contribution in [2.45, 2.75) is 13.8 Å². The minimum Gasteiger partial charge on any atom is -0.347 e. The van der Waals surface area contributed by atoms with E-state index in [4.69, 9.17) is 0 Å². The third-order valence-corrected chi connectivity index (χ3v) is 1.83. The average molecular weight is 198 g/mol. The molecular weight excluding hydrogens is 180 g/mol. The van der Waals surface area contributed by atoms with Crippen molar-refractivity contribution in [3.8, 4) is 0 Å². The van der Waals surface area contributed by atoms with Crippen LogP contribution < -0.4 is 0 Å². The number of carbonyl (C=O) groups excluding carboxylic acids is 2. The Kier molecular flexibility index (Phi) is 5.60. The van der Waals surface area contributed by atoms with Gasteiger partial charge in [-0.05, 0) is 19.9 Å². The average Bonchev–Trinajstić information content (AvgIpc) is 2.13. The van der Waals surface area contributed by atoms with Crippen LogP contribution in [0.15, 0.2) is 12.2 Å². The molecule has 0 radical (unpaired) electrons. The van der Waals surface area contributed by atoms with Crippen molar-refractivity contribution in [3.63, 3.8) is 0 Å². The molecule has 0 aliphatic carbocycles. The molecule has 0 atom stereocenters. The Morgan fingerprint density at radius 1 is 1.29 bits per heavy atom. The molecule has 0 spiro atoms. The maximum atomic E-state index is 11.4. The predicted octanol–water partition coefficient (Wildman–Crippen LogP) is 0.499. The molecule has 2 amide bonds. The van der Waals surface area contributed by atoms with Crippen molar-refractivity contribution in [1.82, 2.24) is 9.80 Å². The Balaban J connectivity index is 4.29. The molecule has 80 valence electrons. The molecule has 0 aromatic rings. The lowest BCUT2D eigenvalue weighted by molar-refractivity contribution is -0.136. The van der Waals surface area contributed by atoms with E-state index >= 15 is 0 Å². The van der Waals surface area contributed by atoms with Crippen LogP contribution >= 0.6 is 0 Å². The van der Waals surface area contributed by atoms with Crippen LogP contribution in [0.25, 0.3) is 0 Å². The van der Waals surface area contributed by atoms with Crippen molar-refractivity contribution in [2.75, 3.05) is 27.2 Å². The maximum Gasteiger partial charge on any atom is 0.246 e. The summed E-state index contributed by atoms with van der Waals surface area (Å²) < 4.78 is 0. The minimum atomic E-state index is -0.120. The first-order valence-electron chi connectivity index (χ1n) is 4.64. The Morgan fingerprint density at radius 3 is 2.21 bits per heavy atom. The van der Waals surface area contributed by atoms with Gasteiger partial charge in [0, 0.05) is 20.6 Å². The fourth-order valence-electron chi connectivity index (χ4n) is 0.898. The Hall–Kier alpha value is -1.32. The summed E-state index contributed by atoms with van der Waals surface area (Å²) in [6, 6.07) is 0. The summed E-state index contributed by atoms with van der Waals surface area (Å²) in [5, 5.41) is 0. The van der Waals surface area contributed by atoms with Crippen molar-refractivity contribution in [2.24, 2.45) is 0 Å². The number of allylic oxidation sites excluding steroid dienone is 1. The lowest BCUT2D eigenvalue weighted by Gasteiger charge is -2.20. The Morgan fingerprint density at radius 2 is 1.86 bits per heavy atom. The lowest BCUT2D eigenvalue weighted by atomic mass is 10.4. The zero-order valence-corrected chi connectivity index (χ0v) is 9.28. The highest BCUT2D eigenvalue weighted by Gasteiger charge is 2.13. The van der Waals surface area contributed by atoms with Crippen LogP contribution in [-0.4, -0.2) is 48.8 Å². The zero-order chi connectivity index (χ0) is 11.1. The summed E-state index contributed by atoms with van der Waals surface area (Å²) >= 11 is 0. The Bertz CT molecular complexity index is 234. The van der Waals surface area contributed by atoms with E-state index in [-0.39, 0.29) is 18.4 Å². The first-order valence-corrected chi connectivity index (χ1v) is 4.64. The highest BCUT2D eigenvalue weighted by atomic mass is 16.2. The number of nitrogens with zero attached hydrogens (tertiary/aromatic N) is 2. The number of rotatable bonds is 4. The van der Waals surface area contributed by atoms with Gasteiger partial charge in [-0.25, -0.2) is 0 Å². The van der Waals surface area contributed by atoms with Crippen LogP contribution in [0.3, 0.4) is 0 Å². The van der Waals surface area contributed by atoms with E-state index in [9.17, 15) is 9.59 Å². The summed E-state index contributed by atoms with van der Waals surface area (Å²) in [6.07, 6.45) is 3.14. The van der Waals surface area contributed by atoms with Gasteiger partial charge in [0.2, 0.25) is 11.8 Å². The third kappa shape index (κ3) is 4.07. The van der Waals surface area contributed by atoms with E-state index < -0.39 is 0 Å². The largest absolute Gasteiger partial charge is 0.347 e. The second kappa shape index (κ2) is 6.18. The summed E-state index contributed by atoms with van der Waals surface area (Å²) in [7, 11) is 3.35. The molecule has 0 aliphatic rings. The molecule has 0 fully saturated rings. The third-order valence-electron chi connectivity index (χ3n) is 1.83. The molecule has 0 aromatic carbocycles. The zero-order valence-electron chi connectivity index (χ0n) is 9.28. The first-order chi connectivity index (χ1) is 6.52. The smallest absolute Gasteiger partial charge is 0.246 e. The number of likely N-dealkylation sites (N-methyl/N-ethyl adjacent to an activating group) is 2. The van der Waals surface area contributed by atoms with E-state index in [0.29, 0.717) is 6.54 Å². The molecule has 0 saturated carbocycles. The fraction of sp³-hybridized carbons (Fsp3) is 0.600. The number of hydrogen-bond donors (Lipinski definition) is 0. The van der Waals surface area contributed by atoms with Gasteiger partial charge in [0.1, 0.15) is 0 Å². The van der Waals surface area contributed by atoms with Crippen molar-refractivity contribution >= 4 is 11.8 Å². The van der Waals surface area contributed by atoms with Crippen LogP contribution in [0, 0.1) is 0 Å². The molecule has 0 unspecified atom stereocenters. The molecule has 0 heterocycles. The molecule has 0 rings (SSSR count). The summed E-state index contributed by atoms with van der Waals surface area (Å²) in [5.41, 5.74) is 0. The van der Waals surface area contributed by atoms with Crippen LogP contribution in [0.5, 0.6) is 0 Å². The quantitative estimate of drug-likeness (QED) is 0.617. The monoisotopic (exact) mass is 198 g/mol. The normalized spacial score (nSPS) is 10.3. The molecule has 14 heavy (non-hydrogen) atoms. The van der Waals surface area contributed by atoms with Crippen molar-refractivity contribution < 1.29 is 9.59 Å². The number of amides is 2. The lowest BCUT2D eigenvalue weighted by Crippen LogP contribution is -2.39. The molecule has 0 aromatic heterocycles. The fourth-order valence-corrected chi connectivity index (χ4v) is 0.898. The molecule has 4 heteroatoms. The molecule has 0 aliphatic heterocycles. The molecule has 0 bridgehead atoms.